The number of benzene rings is 1. The van der Waals surface area contributed by atoms with Gasteiger partial charge in [0.2, 0.25) is 5.88 Å². The Labute approximate surface area is 81.3 Å². The smallest absolute Gasteiger partial charge is 0.211 e. The number of aromatic hydroxyl groups is 2. The Balaban J connectivity index is 2.55. The Morgan fingerprint density at radius 1 is 1.21 bits per heavy atom. The molecule has 0 saturated carbocycles. The van der Waals surface area contributed by atoms with Crippen LogP contribution in [0.3, 0.4) is 0 Å². The van der Waals surface area contributed by atoms with Crippen LogP contribution < -0.4 is 0 Å². The Kier molecular flexibility index (Phi) is 2.07. The first-order chi connectivity index (χ1) is 6.77. The van der Waals surface area contributed by atoms with Crippen molar-refractivity contribution in [1.82, 2.24) is 4.98 Å². The number of hydrogen-bond acceptors (Lipinski definition) is 3. The lowest BCUT2D eigenvalue weighted by Gasteiger charge is -2.03. The highest BCUT2D eigenvalue weighted by molar-refractivity contribution is 5.69. The molecule has 2 N–H and O–H groups in total. The van der Waals surface area contributed by atoms with E-state index >= 15 is 0 Å². The topological polar surface area (TPSA) is 53.4 Å². The van der Waals surface area contributed by atoms with Crippen LogP contribution in [0.5, 0.6) is 11.6 Å². The second-order valence-electron chi connectivity index (χ2n) is 2.83. The van der Waals surface area contributed by atoms with Crippen molar-refractivity contribution < 1.29 is 10.2 Å². The van der Waals surface area contributed by atoms with E-state index in [2.05, 4.69) is 11.1 Å². The number of hydrogen-bond donors (Lipinski definition) is 2. The number of phenols is 1. The summed E-state index contributed by atoms with van der Waals surface area (Å²) in [6.45, 7) is 0. The maximum Gasteiger partial charge on any atom is 0.211 e. The van der Waals surface area contributed by atoms with Gasteiger partial charge in [0.15, 0.2) is 0 Å². The van der Waals surface area contributed by atoms with Gasteiger partial charge in [0.25, 0.3) is 0 Å². The van der Waals surface area contributed by atoms with Crippen molar-refractivity contribution in [3.63, 3.8) is 0 Å². The molecule has 0 aliphatic rings. The van der Waals surface area contributed by atoms with E-state index in [1.54, 1.807) is 24.3 Å². The molecule has 0 atom stereocenters. The monoisotopic (exact) mass is 186 g/mol. The maximum atomic E-state index is 9.52. The summed E-state index contributed by atoms with van der Waals surface area (Å²) >= 11 is 0. The summed E-state index contributed by atoms with van der Waals surface area (Å²) in [6.07, 6.45) is 1.48. The zero-order valence-electron chi connectivity index (χ0n) is 7.31. The van der Waals surface area contributed by atoms with Gasteiger partial charge in [-0.1, -0.05) is 12.1 Å². The Bertz CT molecular complexity index is 455. The van der Waals surface area contributed by atoms with Crippen molar-refractivity contribution in [2.75, 3.05) is 0 Å². The van der Waals surface area contributed by atoms with E-state index < -0.39 is 0 Å². The second-order valence-corrected chi connectivity index (χ2v) is 2.83. The summed E-state index contributed by atoms with van der Waals surface area (Å²) in [6, 6.07) is 11.0. The van der Waals surface area contributed by atoms with E-state index in [9.17, 15) is 5.11 Å². The van der Waals surface area contributed by atoms with Crippen molar-refractivity contribution >= 4 is 0 Å². The molecule has 0 aliphatic heterocycles. The molecule has 1 heterocycles. The zero-order valence-corrected chi connectivity index (χ0v) is 7.31. The van der Waals surface area contributed by atoms with Crippen LogP contribution in [0.2, 0.25) is 0 Å². The van der Waals surface area contributed by atoms with Crippen LogP contribution >= 0.6 is 0 Å². The van der Waals surface area contributed by atoms with Gasteiger partial charge in [-0.3, -0.25) is 0 Å². The Hall–Kier alpha value is -2.03. The molecule has 3 nitrogen and oxygen atoms in total. The summed E-state index contributed by atoms with van der Waals surface area (Å²) in [4.78, 5) is 3.66. The molecule has 69 valence electrons. The van der Waals surface area contributed by atoms with Crippen molar-refractivity contribution in [1.29, 1.82) is 0 Å². The average Bonchev–Trinajstić information content (AvgIpc) is 2.18. The van der Waals surface area contributed by atoms with Crippen LogP contribution in [0.1, 0.15) is 0 Å². The largest absolute Gasteiger partial charge is 0.507 e. The number of aromatic nitrogens is 1. The lowest BCUT2D eigenvalue weighted by atomic mass is 10.1. The van der Waals surface area contributed by atoms with Crippen LogP contribution in [0.15, 0.2) is 36.5 Å². The molecule has 1 aromatic heterocycles. The number of phenolic OH excluding ortho intramolecular Hbond substituents is 1. The van der Waals surface area contributed by atoms with Crippen LogP contribution in [-0.4, -0.2) is 15.2 Å². The molecular formula is C11H8NO2. The minimum Gasteiger partial charge on any atom is -0.507 e. The fourth-order valence-corrected chi connectivity index (χ4v) is 1.23. The van der Waals surface area contributed by atoms with E-state index in [4.69, 9.17) is 5.11 Å². The van der Waals surface area contributed by atoms with Gasteiger partial charge >= 0.3 is 0 Å². The highest BCUT2D eigenvalue weighted by Gasteiger charge is 2.03. The lowest BCUT2D eigenvalue weighted by Crippen LogP contribution is -1.80. The molecule has 1 radical (unpaired) electrons. The maximum absolute atomic E-state index is 9.52. The summed E-state index contributed by atoms with van der Waals surface area (Å²) < 4.78 is 0. The van der Waals surface area contributed by atoms with Crippen LogP contribution in [0, 0.1) is 6.07 Å². The van der Waals surface area contributed by atoms with Crippen LogP contribution in [0.25, 0.3) is 11.1 Å². The van der Waals surface area contributed by atoms with Crippen molar-refractivity contribution in [3.05, 3.63) is 42.6 Å². The molecule has 1 aromatic carbocycles. The quantitative estimate of drug-likeness (QED) is 0.715. The molecule has 2 aromatic rings. The lowest BCUT2D eigenvalue weighted by molar-refractivity contribution is 0.453. The molecule has 0 saturated heterocycles. The second kappa shape index (κ2) is 3.38. The molecule has 0 amide bonds. The first-order valence-electron chi connectivity index (χ1n) is 4.12. The third-order valence-corrected chi connectivity index (χ3v) is 1.87. The highest BCUT2D eigenvalue weighted by atomic mass is 16.3. The molecule has 0 spiro atoms. The number of nitrogens with zero attached hydrogens (tertiary/aromatic N) is 1. The summed E-state index contributed by atoms with van der Waals surface area (Å²) in [5.41, 5.74) is 1.25. The van der Waals surface area contributed by atoms with Gasteiger partial charge in [0, 0.05) is 17.8 Å². The van der Waals surface area contributed by atoms with E-state index in [1.165, 1.54) is 12.3 Å². The van der Waals surface area contributed by atoms with Crippen LogP contribution in [-0.2, 0) is 0 Å². The summed E-state index contributed by atoms with van der Waals surface area (Å²) in [7, 11) is 0. The number of pyridine rings is 1. The van der Waals surface area contributed by atoms with E-state index in [0.29, 0.717) is 11.1 Å². The van der Waals surface area contributed by atoms with Gasteiger partial charge in [0.05, 0.1) is 0 Å². The predicted molar refractivity (Wildman–Crippen MR) is 51.8 cm³/mol. The molecule has 2 rings (SSSR count). The zero-order chi connectivity index (χ0) is 9.97. The first-order valence-corrected chi connectivity index (χ1v) is 4.12. The molecular weight excluding hydrogens is 178 g/mol. The minimum absolute atomic E-state index is 0.0702. The molecule has 0 bridgehead atoms. The van der Waals surface area contributed by atoms with Crippen LogP contribution in [0.4, 0.5) is 0 Å². The number of rotatable bonds is 1. The van der Waals surface area contributed by atoms with Gasteiger partial charge in [-0.25, -0.2) is 4.98 Å². The molecule has 3 heteroatoms. The molecule has 14 heavy (non-hydrogen) atoms. The fourth-order valence-electron chi connectivity index (χ4n) is 1.23. The van der Waals surface area contributed by atoms with Gasteiger partial charge in [-0.05, 0) is 23.8 Å². The Morgan fingerprint density at radius 2 is 2.07 bits per heavy atom. The average molecular weight is 186 g/mol. The minimum atomic E-state index is -0.0702. The molecule has 0 fully saturated rings. The SMILES string of the molecule is Oc1cc(-c2[c]cccc2O)ccn1. The van der Waals surface area contributed by atoms with E-state index in [1.807, 2.05) is 0 Å². The molecule has 0 unspecified atom stereocenters. The van der Waals surface area contributed by atoms with E-state index in [0.717, 1.165) is 0 Å². The summed E-state index contributed by atoms with van der Waals surface area (Å²) in [5.74, 6) is 0.0669. The third kappa shape index (κ3) is 1.52. The van der Waals surface area contributed by atoms with Crippen molar-refractivity contribution in [2.24, 2.45) is 0 Å². The van der Waals surface area contributed by atoms with Gasteiger partial charge in [-0.2, -0.15) is 0 Å². The Morgan fingerprint density at radius 3 is 2.79 bits per heavy atom. The molecule has 0 aliphatic carbocycles. The highest BCUT2D eigenvalue weighted by Crippen LogP contribution is 2.28. The normalized spacial score (nSPS) is 10.0. The van der Waals surface area contributed by atoms with E-state index in [-0.39, 0.29) is 11.6 Å². The van der Waals surface area contributed by atoms with Gasteiger partial charge < -0.3 is 10.2 Å². The first kappa shape index (κ1) is 8.56. The predicted octanol–water partition coefficient (Wildman–Crippen LogP) is 1.96. The van der Waals surface area contributed by atoms with Gasteiger partial charge in [0.1, 0.15) is 5.75 Å². The fraction of sp³-hybridized carbons (Fsp3) is 0. The standard InChI is InChI=1S/C11H8NO2/c13-10-4-2-1-3-9(10)8-5-6-12-11(14)7-8/h1-2,4-7,13H,(H,12,14). The third-order valence-electron chi connectivity index (χ3n) is 1.87. The van der Waals surface area contributed by atoms with Gasteiger partial charge in [-0.15, -0.1) is 0 Å². The van der Waals surface area contributed by atoms with Crippen molar-refractivity contribution in [2.45, 2.75) is 0 Å². The van der Waals surface area contributed by atoms with Crippen molar-refractivity contribution in [3.8, 4) is 22.8 Å². The summed E-state index contributed by atoms with van der Waals surface area (Å²) in [5, 5.41) is 18.7.